The van der Waals surface area contributed by atoms with Crippen LogP contribution in [0.5, 0.6) is 11.5 Å². The van der Waals surface area contributed by atoms with E-state index in [9.17, 15) is 23.3 Å². The summed E-state index contributed by atoms with van der Waals surface area (Å²) < 4.78 is 66.9. The molecule has 20 heteroatoms. The van der Waals surface area contributed by atoms with E-state index in [4.69, 9.17) is 14.8 Å². The van der Waals surface area contributed by atoms with Gasteiger partial charge in [-0.3, -0.25) is 29.4 Å². The molecule has 2 saturated carbocycles. The molecule has 10 rings (SSSR count). The standard InChI is InChI=1S/C44H47F2N11O6S/c1-53(13-14-58)64(61,62)52-33-6-4-31(45)40(30(33)22-47)63-28-3-5-34-35(15-28)49-36(23-48-34)26-18-43(19-26)8-11-55(12-9-43)27-20-44(21-27)24-56(25-44)38-17-37-29(16-32(38)46)41(51-54(37)2)57-10-7-39(59)50-42(57)60/h3-6,15-17,23,26-27,52,58H,7-14,18-21,24-25H2,1-2H3,(H,50,59,60). The van der Waals surface area contributed by atoms with E-state index >= 15 is 8.78 Å². The van der Waals surface area contributed by atoms with Crippen LogP contribution >= 0.6 is 0 Å². The summed E-state index contributed by atoms with van der Waals surface area (Å²) >= 11 is 0. The fourth-order valence-electron chi connectivity index (χ4n) is 10.5. The minimum Gasteiger partial charge on any atom is -0.453 e. The molecule has 3 aliphatic heterocycles. The predicted molar refractivity (Wildman–Crippen MR) is 232 cm³/mol. The number of carbonyl (C=O) groups excluding carboxylic acids is 2. The molecule has 17 nitrogen and oxygen atoms in total. The average Bonchev–Trinajstić information content (AvgIpc) is 3.54. The third-order valence-corrected chi connectivity index (χ3v) is 15.6. The van der Waals surface area contributed by atoms with E-state index in [0.29, 0.717) is 34.0 Å². The van der Waals surface area contributed by atoms with Gasteiger partial charge in [0.25, 0.3) is 0 Å². The Morgan fingerprint density at radius 1 is 1.02 bits per heavy atom. The van der Waals surface area contributed by atoms with Gasteiger partial charge in [0.1, 0.15) is 23.2 Å². The van der Waals surface area contributed by atoms with Crippen LogP contribution in [0.3, 0.4) is 0 Å². The number of aryl methyl sites for hydroxylation is 1. The Hall–Kier alpha value is -6.01. The molecule has 0 unspecified atom stereocenters. The second-order valence-corrected chi connectivity index (χ2v) is 20.0. The highest BCUT2D eigenvalue weighted by molar-refractivity contribution is 7.90. The number of fused-ring (bicyclic) bond motifs is 2. The van der Waals surface area contributed by atoms with E-state index < -0.39 is 34.4 Å². The molecule has 0 atom stereocenters. The number of aliphatic hydroxyl groups is 1. The lowest BCUT2D eigenvalue weighted by Gasteiger charge is -2.63. The van der Waals surface area contributed by atoms with Crippen LogP contribution in [0, 0.1) is 33.8 Å². The van der Waals surface area contributed by atoms with E-state index in [0.717, 1.165) is 92.4 Å². The summed E-state index contributed by atoms with van der Waals surface area (Å²) in [6.07, 6.45) is 8.44. The number of aromatic nitrogens is 4. The van der Waals surface area contributed by atoms with Gasteiger partial charge in [-0.1, -0.05) is 0 Å². The summed E-state index contributed by atoms with van der Waals surface area (Å²) in [6.45, 7) is 3.29. The van der Waals surface area contributed by atoms with Crippen molar-refractivity contribution in [1.82, 2.24) is 34.3 Å². The maximum atomic E-state index is 15.7. The number of likely N-dealkylation sites (N-methyl/N-ethyl adjacent to an activating group) is 1. The first-order chi connectivity index (χ1) is 30.7. The lowest BCUT2D eigenvalue weighted by Crippen LogP contribution is -2.67. The third kappa shape index (κ3) is 7.33. The van der Waals surface area contributed by atoms with Gasteiger partial charge in [0.2, 0.25) is 5.91 Å². The molecule has 3 N–H and O–H groups in total. The largest absolute Gasteiger partial charge is 0.453 e. The molecule has 3 saturated heterocycles. The van der Waals surface area contributed by atoms with Crippen molar-refractivity contribution in [3.8, 4) is 17.6 Å². The minimum atomic E-state index is -4.14. The highest BCUT2D eigenvalue weighted by Gasteiger charge is 2.56. The van der Waals surface area contributed by atoms with Crippen molar-refractivity contribution >= 4 is 61.3 Å². The molecule has 5 aromatic rings. The number of benzene rings is 3. The Morgan fingerprint density at radius 3 is 2.50 bits per heavy atom. The Kier molecular flexibility index (Phi) is 10.2. The molecule has 3 aromatic carbocycles. The number of urea groups is 1. The van der Waals surface area contributed by atoms with E-state index in [1.54, 1.807) is 29.9 Å². The second-order valence-electron chi connectivity index (χ2n) is 18.2. The van der Waals surface area contributed by atoms with Crippen LogP contribution in [0.1, 0.15) is 62.1 Å². The topological polar surface area (TPSA) is 202 Å². The Bertz CT molecular complexity index is 2880. The van der Waals surface area contributed by atoms with Crippen LogP contribution in [0.2, 0.25) is 0 Å². The zero-order chi connectivity index (χ0) is 44.7. The fourth-order valence-corrected chi connectivity index (χ4v) is 11.5. The van der Waals surface area contributed by atoms with Gasteiger partial charge in [-0.05, 0) is 93.4 Å². The first-order valence-electron chi connectivity index (χ1n) is 21.4. The maximum Gasteiger partial charge on any atom is 0.329 e. The van der Waals surface area contributed by atoms with E-state index in [1.807, 2.05) is 18.3 Å². The average molecular weight is 896 g/mol. The van der Waals surface area contributed by atoms with Crippen molar-refractivity contribution in [3.05, 3.63) is 71.6 Å². The summed E-state index contributed by atoms with van der Waals surface area (Å²) in [7, 11) is -1.11. The zero-order valence-electron chi connectivity index (χ0n) is 35.4. The number of nitrogens with zero attached hydrogens (tertiary/aromatic N) is 9. The number of amides is 3. The molecule has 0 radical (unpaired) electrons. The summed E-state index contributed by atoms with van der Waals surface area (Å²) in [6, 6.07) is 12.2. The summed E-state index contributed by atoms with van der Waals surface area (Å²) in [5, 5.41) is 26.4. The van der Waals surface area contributed by atoms with Crippen LogP contribution in [0.4, 0.5) is 30.8 Å². The maximum absolute atomic E-state index is 15.7. The normalized spacial score (nSPS) is 20.9. The molecule has 334 valence electrons. The van der Waals surface area contributed by atoms with Crippen molar-refractivity contribution < 1.29 is 36.6 Å². The summed E-state index contributed by atoms with van der Waals surface area (Å²) in [4.78, 5) is 39.9. The number of hydrogen-bond acceptors (Lipinski definition) is 12. The van der Waals surface area contributed by atoms with Crippen molar-refractivity contribution in [2.75, 3.05) is 67.4 Å². The Morgan fingerprint density at radius 2 is 1.78 bits per heavy atom. The quantitative estimate of drug-likeness (QED) is 0.158. The molecule has 64 heavy (non-hydrogen) atoms. The first-order valence-corrected chi connectivity index (χ1v) is 22.9. The van der Waals surface area contributed by atoms with Crippen molar-refractivity contribution in [3.63, 3.8) is 0 Å². The van der Waals surface area contributed by atoms with Gasteiger partial charge in [-0.2, -0.15) is 23.1 Å². The van der Waals surface area contributed by atoms with Gasteiger partial charge in [0, 0.05) is 81.7 Å². The number of carbonyl (C=O) groups is 2. The van der Waals surface area contributed by atoms with E-state index in [2.05, 4.69) is 29.9 Å². The van der Waals surface area contributed by atoms with Gasteiger partial charge >= 0.3 is 16.2 Å². The molecule has 2 aromatic heterocycles. The van der Waals surface area contributed by atoms with Gasteiger partial charge in [-0.25, -0.2) is 18.6 Å². The molecule has 5 heterocycles. The number of aliphatic hydroxyl groups excluding tert-OH is 1. The zero-order valence-corrected chi connectivity index (χ0v) is 36.2. The highest BCUT2D eigenvalue weighted by Crippen LogP contribution is 2.58. The molecule has 3 amide bonds. The Balaban J connectivity index is 0.731. The lowest BCUT2D eigenvalue weighted by molar-refractivity contribution is -0.120. The first kappa shape index (κ1) is 42.0. The van der Waals surface area contributed by atoms with Gasteiger partial charge in [-0.15, -0.1) is 0 Å². The van der Waals surface area contributed by atoms with Crippen LogP contribution in [-0.2, 0) is 22.1 Å². The van der Waals surface area contributed by atoms with Gasteiger partial charge in [0.15, 0.2) is 17.4 Å². The fraction of sp³-hybridized carbons (Fsp3) is 0.455. The van der Waals surface area contributed by atoms with E-state index in [-0.39, 0.29) is 65.0 Å². The van der Waals surface area contributed by atoms with Crippen molar-refractivity contribution in [2.24, 2.45) is 17.9 Å². The summed E-state index contributed by atoms with van der Waals surface area (Å²) in [5.41, 5.74) is 3.27. The monoisotopic (exact) mass is 895 g/mol. The second kappa shape index (κ2) is 15.6. The molecule has 2 spiro atoms. The molecule has 5 aliphatic rings. The highest BCUT2D eigenvalue weighted by atomic mass is 32.2. The molecule has 2 aliphatic carbocycles. The number of piperidine rings is 1. The molecular formula is C44H47F2N11O6S. The Labute approximate surface area is 367 Å². The van der Waals surface area contributed by atoms with Crippen molar-refractivity contribution in [2.45, 2.75) is 56.9 Å². The number of hydrogen-bond donors (Lipinski definition) is 3. The van der Waals surface area contributed by atoms with E-state index in [1.165, 1.54) is 18.0 Å². The number of ether oxygens (including phenoxy) is 1. The SMILES string of the molecule is CN(CCO)S(=O)(=O)Nc1ccc(F)c(Oc2ccc3ncc(C4CC5(CCN(C6CC7(C6)CN(c6cc8c(cc6F)c(N6CCC(=O)NC6=O)nn8C)C7)CC5)C4)nc3c2)c1C#N. The van der Waals surface area contributed by atoms with Crippen molar-refractivity contribution in [1.29, 1.82) is 5.26 Å². The number of likely N-dealkylation sites (tertiary alicyclic amines) is 1. The van der Waals surface area contributed by atoms with Gasteiger partial charge < -0.3 is 19.6 Å². The van der Waals surface area contributed by atoms with Crippen LogP contribution < -0.4 is 24.6 Å². The van der Waals surface area contributed by atoms with Crippen LogP contribution in [0.15, 0.2) is 48.7 Å². The lowest BCUT2D eigenvalue weighted by atomic mass is 9.55. The molecule has 5 fully saturated rings. The van der Waals surface area contributed by atoms with Gasteiger partial charge in [0.05, 0.1) is 40.2 Å². The smallest absolute Gasteiger partial charge is 0.329 e. The summed E-state index contributed by atoms with van der Waals surface area (Å²) in [5.74, 6) is -1.18. The number of imide groups is 1. The molecule has 0 bridgehead atoms. The number of halogens is 2. The number of anilines is 3. The minimum absolute atomic E-state index is 0.160. The number of nitrogens with one attached hydrogen (secondary N) is 2. The van der Waals surface area contributed by atoms with Crippen LogP contribution in [-0.4, -0.2) is 113 Å². The number of nitriles is 1. The predicted octanol–water partition coefficient (Wildman–Crippen LogP) is 5.11. The van der Waals surface area contributed by atoms with Crippen LogP contribution in [0.25, 0.3) is 21.9 Å². The molecular weight excluding hydrogens is 849 g/mol. The third-order valence-electron chi connectivity index (χ3n) is 14.1. The number of rotatable bonds is 11.